The van der Waals surface area contributed by atoms with E-state index in [0.29, 0.717) is 18.7 Å². The van der Waals surface area contributed by atoms with Gasteiger partial charge >= 0.3 is 0 Å². The van der Waals surface area contributed by atoms with Crippen molar-refractivity contribution in [2.45, 2.75) is 25.8 Å². The molecule has 0 saturated carbocycles. The molecule has 1 aliphatic rings. The monoisotopic (exact) mass is 360 g/mol. The molecule has 2 heterocycles. The van der Waals surface area contributed by atoms with Crippen molar-refractivity contribution in [3.63, 3.8) is 0 Å². The number of hydrogen-bond donors (Lipinski definition) is 1. The molecule has 2 aromatic carbocycles. The van der Waals surface area contributed by atoms with Gasteiger partial charge in [-0.05, 0) is 31.0 Å². The van der Waals surface area contributed by atoms with E-state index >= 15 is 0 Å². The molecule has 2 atom stereocenters. The summed E-state index contributed by atoms with van der Waals surface area (Å²) in [7, 11) is 0. The number of aromatic nitrogens is 2. The van der Waals surface area contributed by atoms with E-state index < -0.39 is 0 Å². The van der Waals surface area contributed by atoms with Crippen LogP contribution in [0.4, 0.5) is 0 Å². The number of benzene rings is 2. The topological polar surface area (TPSA) is 64.2 Å². The Labute approximate surface area is 159 Å². The van der Waals surface area contributed by atoms with Gasteiger partial charge in [0.05, 0.1) is 23.1 Å². The van der Waals surface area contributed by atoms with Crippen LogP contribution in [0, 0.1) is 13.8 Å². The molecule has 1 fully saturated rings. The first-order valence-corrected chi connectivity index (χ1v) is 9.26. The summed E-state index contributed by atoms with van der Waals surface area (Å²) in [5.41, 5.74) is 11.2. The molecular weight excluding hydrogens is 336 g/mol. The molecule has 1 aromatic heterocycles. The van der Waals surface area contributed by atoms with Crippen molar-refractivity contribution < 1.29 is 4.79 Å². The quantitative estimate of drug-likeness (QED) is 0.781. The molecule has 1 amide bonds. The molecule has 27 heavy (non-hydrogen) atoms. The zero-order valence-electron chi connectivity index (χ0n) is 15.7. The van der Waals surface area contributed by atoms with E-state index in [1.807, 2.05) is 65.9 Å². The zero-order chi connectivity index (χ0) is 19.0. The maximum Gasteiger partial charge on any atom is 0.257 e. The van der Waals surface area contributed by atoms with Crippen molar-refractivity contribution in [2.24, 2.45) is 5.73 Å². The predicted octanol–water partition coefficient (Wildman–Crippen LogP) is 3.06. The van der Waals surface area contributed by atoms with E-state index in [0.717, 1.165) is 16.9 Å². The third kappa shape index (κ3) is 3.15. The lowest BCUT2D eigenvalue weighted by Gasteiger charge is -2.16. The Balaban J connectivity index is 1.59. The number of carbonyl (C=O) groups is 1. The fourth-order valence-electron chi connectivity index (χ4n) is 3.88. The van der Waals surface area contributed by atoms with Crippen molar-refractivity contribution >= 4 is 5.91 Å². The number of aryl methyl sites for hydroxylation is 1. The molecule has 4 rings (SSSR count). The minimum absolute atomic E-state index is 0.00113. The predicted molar refractivity (Wildman–Crippen MR) is 106 cm³/mol. The summed E-state index contributed by atoms with van der Waals surface area (Å²) < 4.78 is 1.84. The number of rotatable bonds is 3. The van der Waals surface area contributed by atoms with Crippen LogP contribution in [0.15, 0.2) is 60.8 Å². The molecule has 0 radical (unpaired) electrons. The highest BCUT2D eigenvalue weighted by atomic mass is 16.2. The smallest absolute Gasteiger partial charge is 0.257 e. The van der Waals surface area contributed by atoms with Gasteiger partial charge in [0.1, 0.15) is 0 Å². The highest BCUT2D eigenvalue weighted by Gasteiger charge is 2.35. The molecule has 1 aliphatic heterocycles. The number of amides is 1. The highest BCUT2D eigenvalue weighted by Crippen LogP contribution is 2.28. The molecule has 2 N–H and O–H groups in total. The Kier molecular flexibility index (Phi) is 4.54. The lowest BCUT2D eigenvalue weighted by atomic mass is 9.95. The normalized spacial score (nSPS) is 19.4. The fraction of sp³-hybridized carbons (Fsp3) is 0.273. The van der Waals surface area contributed by atoms with Gasteiger partial charge in [-0.15, -0.1) is 0 Å². The van der Waals surface area contributed by atoms with Gasteiger partial charge in [0.2, 0.25) is 0 Å². The van der Waals surface area contributed by atoms with Gasteiger partial charge in [0.15, 0.2) is 0 Å². The highest BCUT2D eigenvalue weighted by molar-refractivity contribution is 5.95. The van der Waals surface area contributed by atoms with E-state index in [1.165, 1.54) is 5.56 Å². The lowest BCUT2D eigenvalue weighted by molar-refractivity contribution is 0.0788. The fourth-order valence-corrected chi connectivity index (χ4v) is 3.88. The van der Waals surface area contributed by atoms with Crippen LogP contribution >= 0.6 is 0 Å². The number of nitrogens with two attached hydrogens (primary N) is 1. The second kappa shape index (κ2) is 7.00. The second-order valence-electron chi connectivity index (χ2n) is 7.23. The first kappa shape index (κ1) is 17.5. The molecule has 138 valence electrons. The Bertz CT molecular complexity index is 963. The number of hydrogen-bond acceptors (Lipinski definition) is 3. The van der Waals surface area contributed by atoms with E-state index in [-0.39, 0.29) is 17.9 Å². The van der Waals surface area contributed by atoms with Gasteiger partial charge in [-0.3, -0.25) is 4.79 Å². The molecular formula is C22H24N4O. The maximum atomic E-state index is 13.1. The van der Waals surface area contributed by atoms with Crippen LogP contribution in [-0.2, 0) is 0 Å². The van der Waals surface area contributed by atoms with E-state index in [4.69, 9.17) is 5.73 Å². The van der Waals surface area contributed by atoms with Crippen molar-refractivity contribution in [3.05, 3.63) is 83.2 Å². The van der Waals surface area contributed by atoms with E-state index in [9.17, 15) is 4.79 Å². The van der Waals surface area contributed by atoms with Crippen LogP contribution in [0.2, 0.25) is 0 Å². The average Bonchev–Trinajstić information content (AvgIpc) is 3.25. The van der Waals surface area contributed by atoms with Crippen molar-refractivity contribution in [1.82, 2.24) is 14.7 Å². The van der Waals surface area contributed by atoms with Gasteiger partial charge in [-0.2, -0.15) is 5.10 Å². The number of para-hydroxylation sites is 1. The molecule has 0 unspecified atom stereocenters. The van der Waals surface area contributed by atoms with Crippen LogP contribution in [0.25, 0.3) is 5.69 Å². The van der Waals surface area contributed by atoms with Gasteiger partial charge < -0.3 is 10.6 Å². The molecule has 5 nitrogen and oxygen atoms in total. The van der Waals surface area contributed by atoms with Crippen molar-refractivity contribution in [1.29, 1.82) is 0 Å². The standard InChI is InChI=1S/C22H24N4O/c1-15-8-6-7-11-21(15)26-16(2)18(12-24-26)22(27)25-13-19(20(23)14-25)17-9-4-3-5-10-17/h3-12,19-20H,13-14,23H2,1-2H3/t19-,20+/m0/s1. The van der Waals surface area contributed by atoms with Crippen LogP contribution in [0.5, 0.6) is 0 Å². The first-order chi connectivity index (χ1) is 13.1. The summed E-state index contributed by atoms with van der Waals surface area (Å²) in [6, 6.07) is 18.2. The first-order valence-electron chi connectivity index (χ1n) is 9.26. The number of carbonyl (C=O) groups excluding carboxylic acids is 1. The minimum Gasteiger partial charge on any atom is -0.336 e. The third-order valence-electron chi connectivity index (χ3n) is 5.46. The van der Waals surface area contributed by atoms with Crippen LogP contribution in [-0.4, -0.2) is 39.7 Å². The molecule has 0 aliphatic carbocycles. The summed E-state index contributed by atoms with van der Waals surface area (Å²) in [4.78, 5) is 15.0. The summed E-state index contributed by atoms with van der Waals surface area (Å²) in [5, 5.41) is 4.47. The second-order valence-corrected chi connectivity index (χ2v) is 7.23. The van der Waals surface area contributed by atoms with Crippen molar-refractivity contribution in [2.75, 3.05) is 13.1 Å². The average molecular weight is 360 g/mol. The van der Waals surface area contributed by atoms with Crippen molar-refractivity contribution in [3.8, 4) is 5.69 Å². The molecule has 0 bridgehead atoms. The molecule has 1 saturated heterocycles. The van der Waals surface area contributed by atoms with E-state index in [1.54, 1.807) is 6.20 Å². The van der Waals surface area contributed by atoms with E-state index in [2.05, 4.69) is 17.2 Å². The molecule has 3 aromatic rings. The van der Waals surface area contributed by atoms with Crippen LogP contribution in [0.1, 0.15) is 33.1 Å². The minimum atomic E-state index is -0.0527. The molecule has 5 heteroatoms. The van der Waals surface area contributed by atoms with Crippen LogP contribution in [0.3, 0.4) is 0 Å². The Hall–Kier alpha value is -2.92. The SMILES string of the molecule is Cc1ccccc1-n1ncc(C(=O)N2C[C@@H](N)[C@H](c3ccccc3)C2)c1C. The summed E-state index contributed by atoms with van der Waals surface area (Å²) in [5.74, 6) is 0.170. The third-order valence-corrected chi connectivity index (χ3v) is 5.46. The van der Waals surface area contributed by atoms with Gasteiger partial charge in [-0.25, -0.2) is 4.68 Å². The van der Waals surface area contributed by atoms with Crippen LogP contribution < -0.4 is 5.73 Å². The Morgan fingerprint density at radius 2 is 1.74 bits per heavy atom. The Morgan fingerprint density at radius 3 is 2.48 bits per heavy atom. The van der Waals surface area contributed by atoms with Gasteiger partial charge in [0.25, 0.3) is 5.91 Å². The zero-order valence-corrected chi connectivity index (χ0v) is 15.7. The molecule has 0 spiro atoms. The summed E-state index contributed by atoms with van der Waals surface area (Å²) >= 11 is 0. The number of nitrogens with zero attached hydrogens (tertiary/aromatic N) is 3. The summed E-state index contributed by atoms with van der Waals surface area (Å²) in [6.45, 7) is 5.19. The lowest BCUT2D eigenvalue weighted by Crippen LogP contribution is -2.32. The van der Waals surface area contributed by atoms with Gasteiger partial charge in [-0.1, -0.05) is 48.5 Å². The Morgan fingerprint density at radius 1 is 1.04 bits per heavy atom. The van der Waals surface area contributed by atoms with Gasteiger partial charge in [0, 0.05) is 25.0 Å². The maximum absolute atomic E-state index is 13.1. The largest absolute Gasteiger partial charge is 0.336 e. The summed E-state index contributed by atoms with van der Waals surface area (Å²) in [6.07, 6.45) is 1.67. The number of likely N-dealkylation sites (tertiary alicyclic amines) is 1.